The van der Waals surface area contributed by atoms with Gasteiger partial charge in [0.05, 0.1) is 22.1 Å². The third kappa shape index (κ3) is 6.75. The zero-order valence-electron chi connectivity index (χ0n) is 33.9. The van der Waals surface area contributed by atoms with E-state index in [1.54, 1.807) is 0 Å². The fourth-order valence-electron chi connectivity index (χ4n) is 8.97. The summed E-state index contributed by atoms with van der Waals surface area (Å²) in [4.78, 5) is 4.53. The maximum atomic E-state index is 5.90. The molecule has 0 fully saturated rings. The van der Waals surface area contributed by atoms with Crippen LogP contribution < -0.4 is 9.80 Å². The molecule has 2 heterocycles. The highest BCUT2D eigenvalue weighted by Crippen LogP contribution is 2.40. The lowest BCUT2D eigenvalue weighted by Crippen LogP contribution is -2.15. The summed E-state index contributed by atoms with van der Waals surface area (Å²) in [5.74, 6) is 2.78. The van der Waals surface area contributed by atoms with Crippen molar-refractivity contribution in [3.05, 3.63) is 205 Å². The number of hydrogen-bond donors (Lipinski definition) is 0. The van der Waals surface area contributed by atoms with Crippen LogP contribution in [0.15, 0.2) is 200 Å². The summed E-state index contributed by atoms with van der Waals surface area (Å²) in [6, 6.07) is 50.6. The molecule has 2 aromatic heterocycles. The normalized spacial score (nSPS) is 14.3. The average Bonchev–Trinajstić information content (AvgIpc) is 3.82. The van der Waals surface area contributed by atoms with Gasteiger partial charge >= 0.3 is 0 Å². The number of terminal acetylenes is 1. The molecule has 0 bridgehead atoms. The number of allylic oxidation sites excluding steroid dienone is 11. The molecule has 8 aromatic rings. The van der Waals surface area contributed by atoms with Gasteiger partial charge in [0.2, 0.25) is 0 Å². The molecule has 4 nitrogen and oxygen atoms in total. The van der Waals surface area contributed by atoms with E-state index in [4.69, 9.17) is 6.42 Å². The average molecular weight is 775 g/mol. The Kier molecular flexibility index (Phi) is 9.85. The Morgan fingerprint density at radius 3 is 1.67 bits per heavy atom. The highest BCUT2D eigenvalue weighted by molar-refractivity contribution is 6.13. The summed E-state index contributed by atoms with van der Waals surface area (Å²) in [5.41, 5.74) is 13.9. The Morgan fingerprint density at radius 2 is 1.08 bits per heavy atom. The van der Waals surface area contributed by atoms with Crippen LogP contribution in [0.4, 0.5) is 22.7 Å². The van der Waals surface area contributed by atoms with Crippen LogP contribution in [0.2, 0.25) is 0 Å². The summed E-state index contributed by atoms with van der Waals surface area (Å²) in [6.45, 7) is 0. The molecule has 2 aliphatic carbocycles. The zero-order chi connectivity index (χ0) is 40.4. The van der Waals surface area contributed by atoms with Crippen molar-refractivity contribution in [2.75, 3.05) is 16.8 Å². The van der Waals surface area contributed by atoms with Crippen LogP contribution in [0, 0.1) is 12.3 Å². The standard InChI is InChI=1S/C56H46N4/c1-3-18-42(57(2)47-35-37-55-51(39-47)49-27-13-15-29-53(49)59(55)44-22-9-5-10-23-44)26-17-19-41-31-33-46(34-32-41)58(43-20-7-4-8-21-43)48-36-38-56-52(40-48)50-28-14-16-30-54(50)60(56)45-24-11-6-12-25-45/h1,4,7-9,11,13-18,20-40H,5-6,10,12,19H2,2H3/b26-17-,42-18+. The lowest BCUT2D eigenvalue weighted by atomic mass is 10.1. The molecule has 0 aliphatic heterocycles. The van der Waals surface area contributed by atoms with Crippen molar-refractivity contribution in [3.8, 4) is 12.3 Å². The molecular weight excluding hydrogens is 729 g/mol. The number of benzene rings is 6. The van der Waals surface area contributed by atoms with Gasteiger partial charge in [0.1, 0.15) is 0 Å². The summed E-state index contributed by atoms with van der Waals surface area (Å²) >= 11 is 0. The summed E-state index contributed by atoms with van der Waals surface area (Å²) in [7, 11) is 2.09. The summed E-state index contributed by atoms with van der Waals surface area (Å²) < 4.78 is 4.80. The van der Waals surface area contributed by atoms with Crippen molar-refractivity contribution < 1.29 is 0 Å². The Labute approximate surface area is 352 Å². The molecule has 60 heavy (non-hydrogen) atoms. The maximum Gasteiger partial charge on any atom is 0.0542 e. The van der Waals surface area contributed by atoms with Crippen LogP contribution in [-0.4, -0.2) is 16.2 Å². The van der Waals surface area contributed by atoms with E-state index in [2.05, 4.69) is 220 Å². The van der Waals surface area contributed by atoms with Gasteiger partial charge in [-0.3, -0.25) is 0 Å². The van der Waals surface area contributed by atoms with Gasteiger partial charge in [-0.1, -0.05) is 103 Å². The van der Waals surface area contributed by atoms with Crippen LogP contribution >= 0.6 is 0 Å². The molecule has 0 atom stereocenters. The predicted molar refractivity (Wildman–Crippen MR) is 257 cm³/mol. The number of likely N-dealkylation sites (N-methyl/N-ethyl adjacent to an activating group) is 1. The largest absolute Gasteiger partial charge is 0.344 e. The van der Waals surface area contributed by atoms with E-state index in [9.17, 15) is 0 Å². The second-order valence-electron chi connectivity index (χ2n) is 15.6. The lowest BCUT2D eigenvalue weighted by Gasteiger charge is -2.26. The molecule has 0 radical (unpaired) electrons. The molecule has 2 aliphatic rings. The molecule has 0 saturated heterocycles. The fourth-order valence-corrected chi connectivity index (χ4v) is 8.97. The van der Waals surface area contributed by atoms with Gasteiger partial charge in [-0.2, -0.15) is 0 Å². The summed E-state index contributed by atoms with van der Waals surface area (Å²) in [6.07, 6.45) is 30.9. The van der Waals surface area contributed by atoms with E-state index in [-0.39, 0.29) is 0 Å². The molecule has 0 saturated carbocycles. The maximum absolute atomic E-state index is 5.90. The monoisotopic (exact) mass is 774 g/mol. The van der Waals surface area contributed by atoms with E-state index in [1.165, 1.54) is 60.6 Å². The third-order valence-electron chi connectivity index (χ3n) is 11.9. The van der Waals surface area contributed by atoms with Gasteiger partial charge in [0, 0.05) is 74.5 Å². The van der Waals surface area contributed by atoms with Crippen LogP contribution in [0.25, 0.3) is 55.0 Å². The lowest BCUT2D eigenvalue weighted by molar-refractivity contribution is 1.02. The molecule has 4 heteroatoms. The van der Waals surface area contributed by atoms with E-state index < -0.39 is 0 Å². The predicted octanol–water partition coefficient (Wildman–Crippen LogP) is 14.5. The van der Waals surface area contributed by atoms with E-state index in [0.29, 0.717) is 0 Å². The molecule has 0 N–H and O–H groups in total. The number of rotatable bonds is 10. The second kappa shape index (κ2) is 16.0. The van der Waals surface area contributed by atoms with Gasteiger partial charge in [-0.25, -0.2) is 0 Å². The molecule has 0 unspecified atom stereocenters. The van der Waals surface area contributed by atoms with E-state index in [1.807, 2.05) is 6.08 Å². The molecule has 290 valence electrons. The first-order valence-corrected chi connectivity index (χ1v) is 21.0. The van der Waals surface area contributed by atoms with Crippen LogP contribution in [0.5, 0.6) is 0 Å². The van der Waals surface area contributed by atoms with E-state index >= 15 is 0 Å². The van der Waals surface area contributed by atoms with E-state index in [0.717, 1.165) is 60.6 Å². The highest BCUT2D eigenvalue weighted by Gasteiger charge is 2.19. The first-order chi connectivity index (χ1) is 29.7. The highest BCUT2D eigenvalue weighted by atomic mass is 15.1. The minimum atomic E-state index is 0.770. The smallest absolute Gasteiger partial charge is 0.0542 e. The minimum Gasteiger partial charge on any atom is -0.344 e. The molecule has 0 amide bonds. The first kappa shape index (κ1) is 36.8. The van der Waals surface area contributed by atoms with Crippen molar-refractivity contribution in [2.45, 2.75) is 32.1 Å². The van der Waals surface area contributed by atoms with Crippen molar-refractivity contribution in [1.29, 1.82) is 0 Å². The van der Waals surface area contributed by atoms with Crippen LogP contribution in [0.1, 0.15) is 31.2 Å². The van der Waals surface area contributed by atoms with Gasteiger partial charge in [-0.05, 0) is 129 Å². The van der Waals surface area contributed by atoms with Crippen molar-refractivity contribution in [3.63, 3.8) is 0 Å². The minimum absolute atomic E-state index is 0.770. The summed E-state index contributed by atoms with van der Waals surface area (Å²) in [5, 5.41) is 4.97. The number of anilines is 4. The van der Waals surface area contributed by atoms with Crippen molar-refractivity contribution in [1.82, 2.24) is 9.13 Å². The van der Waals surface area contributed by atoms with Gasteiger partial charge in [0.25, 0.3) is 0 Å². The zero-order valence-corrected chi connectivity index (χ0v) is 33.9. The third-order valence-corrected chi connectivity index (χ3v) is 11.9. The van der Waals surface area contributed by atoms with Gasteiger partial charge < -0.3 is 18.9 Å². The Balaban J connectivity index is 0.925. The molecule has 0 spiro atoms. The molecule has 10 rings (SSSR count). The SMILES string of the molecule is C#C/C=C(\C=C/Cc1ccc(N(c2ccccc2)c2ccc3c(c2)c2ccccc2n3C2=CCCC=C2)cc1)N(C)c1ccc2c(c1)c1ccccc1n2C1=CCCC=C1. The molecule has 6 aromatic carbocycles. The number of nitrogens with zero attached hydrogens (tertiary/aromatic N) is 4. The number of fused-ring (bicyclic) bond motifs is 6. The first-order valence-electron chi connectivity index (χ1n) is 21.0. The topological polar surface area (TPSA) is 16.3 Å². The number of aromatic nitrogens is 2. The molecular formula is C56H46N4. The number of para-hydroxylation sites is 3. The van der Waals surface area contributed by atoms with Gasteiger partial charge in [-0.15, -0.1) is 6.42 Å². The number of hydrogen-bond acceptors (Lipinski definition) is 2. The van der Waals surface area contributed by atoms with Crippen LogP contribution in [-0.2, 0) is 6.42 Å². The van der Waals surface area contributed by atoms with Crippen molar-refractivity contribution in [2.24, 2.45) is 0 Å². The fraction of sp³-hybridized carbons (Fsp3) is 0.107. The van der Waals surface area contributed by atoms with Gasteiger partial charge in [0.15, 0.2) is 0 Å². The Morgan fingerprint density at radius 1 is 0.567 bits per heavy atom. The quantitative estimate of drug-likeness (QED) is 0.102. The second-order valence-corrected chi connectivity index (χ2v) is 15.6. The van der Waals surface area contributed by atoms with Crippen LogP contribution in [0.3, 0.4) is 0 Å². The van der Waals surface area contributed by atoms with Crippen molar-refractivity contribution >= 4 is 77.8 Å². The Bertz CT molecular complexity index is 3140. The Hall–Kier alpha value is -7.48.